The number of nitrogens with zero attached hydrogens (tertiary/aromatic N) is 3. The van der Waals surface area contributed by atoms with Crippen LogP contribution in [0.2, 0.25) is 5.02 Å². The minimum absolute atomic E-state index is 0.112. The summed E-state index contributed by atoms with van der Waals surface area (Å²) in [5, 5.41) is 4.87. The van der Waals surface area contributed by atoms with Gasteiger partial charge in [0.1, 0.15) is 18.8 Å². The van der Waals surface area contributed by atoms with Gasteiger partial charge < -0.3 is 4.74 Å². The molecule has 0 spiro atoms. The molecule has 1 aromatic heterocycles. The maximum atomic E-state index is 6.10. The molecule has 0 amide bonds. The molecule has 0 saturated heterocycles. The number of hydrogen-bond donors (Lipinski definition) is 0. The molecule has 0 radical (unpaired) electrons. The van der Waals surface area contributed by atoms with E-state index in [0.717, 1.165) is 11.1 Å². The summed E-state index contributed by atoms with van der Waals surface area (Å²) in [7, 11) is 0. The lowest BCUT2D eigenvalue weighted by atomic mass is 10.1. The van der Waals surface area contributed by atoms with E-state index in [4.69, 9.17) is 16.3 Å². The molecule has 5 heteroatoms. The second-order valence-corrected chi connectivity index (χ2v) is 5.39. The molecular weight excluding hydrogens is 298 g/mol. The lowest BCUT2D eigenvalue weighted by molar-refractivity contribution is 0.0256. The number of aromatic nitrogens is 3. The quantitative estimate of drug-likeness (QED) is 0.693. The van der Waals surface area contributed by atoms with Crippen LogP contribution in [0, 0.1) is 0 Å². The maximum Gasteiger partial charge on any atom is 0.137 e. The Morgan fingerprint density at radius 3 is 2.50 bits per heavy atom. The monoisotopic (exact) mass is 313 g/mol. The van der Waals surface area contributed by atoms with Crippen molar-refractivity contribution in [2.45, 2.75) is 19.3 Å². The van der Waals surface area contributed by atoms with Gasteiger partial charge in [0.15, 0.2) is 0 Å². The van der Waals surface area contributed by atoms with Crippen LogP contribution in [0.25, 0.3) is 0 Å². The maximum absolute atomic E-state index is 6.10. The SMILES string of the molecule is Clc1ccc(C(Cn2cncn2)OCc2ccccc2)cc1. The Labute approximate surface area is 134 Å². The largest absolute Gasteiger partial charge is 0.367 e. The van der Waals surface area contributed by atoms with Gasteiger partial charge in [0, 0.05) is 5.02 Å². The molecule has 22 heavy (non-hydrogen) atoms. The Morgan fingerprint density at radius 1 is 1.05 bits per heavy atom. The second-order valence-electron chi connectivity index (χ2n) is 4.95. The van der Waals surface area contributed by atoms with Crippen molar-refractivity contribution in [1.29, 1.82) is 0 Å². The summed E-state index contributed by atoms with van der Waals surface area (Å²) >= 11 is 5.96. The summed E-state index contributed by atoms with van der Waals surface area (Å²) in [4.78, 5) is 3.98. The first-order chi connectivity index (χ1) is 10.8. The molecule has 0 aliphatic heterocycles. The predicted octanol–water partition coefficient (Wildman–Crippen LogP) is 3.89. The molecule has 0 fully saturated rings. The standard InChI is InChI=1S/C17H16ClN3O/c18-16-8-6-15(7-9-16)17(10-21-13-19-12-20-21)22-11-14-4-2-1-3-5-14/h1-9,12-13,17H,10-11H2. The van der Waals surface area contributed by atoms with Crippen molar-refractivity contribution in [3.05, 3.63) is 83.4 Å². The van der Waals surface area contributed by atoms with E-state index in [1.807, 2.05) is 54.6 Å². The summed E-state index contributed by atoms with van der Waals surface area (Å²) in [5.41, 5.74) is 2.20. The van der Waals surface area contributed by atoms with Gasteiger partial charge in [-0.2, -0.15) is 5.10 Å². The van der Waals surface area contributed by atoms with Gasteiger partial charge in [0.2, 0.25) is 0 Å². The van der Waals surface area contributed by atoms with Crippen LogP contribution in [-0.2, 0) is 17.9 Å². The summed E-state index contributed by atoms with van der Waals surface area (Å²) < 4.78 is 7.86. The van der Waals surface area contributed by atoms with E-state index in [9.17, 15) is 0 Å². The fourth-order valence-electron chi connectivity index (χ4n) is 2.20. The van der Waals surface area contributed by atoms with Crippen molar-refractivity contribution in [1.82, 2.24) is 14.8 Å². The van der Waals surface area contributed by atoms with Crippen molar-refractivity contribution < 1.29 is 4.74 Å². The molecule has 4 nitrogen and oxygen atoms in total. The Balaban J connectivity index is 1.75. The first kappa shape index (κ1) is 14.8. The number of ether oxygens (including phenoxy) is 1. The van der Waals surface area contributed by atoms with Gasteiger partial charge in [-0.15, -0.1) is 0 Å². The van der Waals surface area contributed by atoms with Gasteiger partial charge in [0.05, 0.1) is 13.2 Å². The second kappa shape index (κ2) is 7.20. The molecule has 3 aromatic rings. The summed E-state index contributed by atoms with van der Waals surface area (Å²) in [6.45, 7) is 1.15. The van der Waals surface area contributed by atoms with Gasteiger partial charge >= 0.3 is 0 Å². The molecule has 0 saturated carbocycles. The summed E-state index contributed by atoms with van der Waals surface area (Å²) in [6.07, 6.45) is 3.10. The van der Waals surface area contributed by atoms with Crippen LogP contribution >= 0.6 is 11.6 Å². The minimum Gasteiger partial charge on any atom is -0.367 e. The molecule has 1 heterocycles. The van der Waals surface area contributed by atoms with E-state index in [2.05, 4.69) is 10.1 Å². The van der Waals surface area contributed by atoms with E-state index >= 15 is 0 Å². The van der Waals surface area contributed by atoms with Crippen LogP contribution in [0.15, 0.2) is 67.3 Å². The van der Waals surface area contributed by atoms with Gasteiger partial charge in [-0.05, 0) is 23.3 Å². The fraction of sp³-hybridized carbons (Fsp3) is 0.176. The van der Waals surface area contributed by atoms with Gasteiger partial charge in [0.25, 0.3) is 0 Å². The zero-order chi connectivity index (χ0) is 15.2. The topological polar surface area (TPSA) is 39.9 Å². The Kier molecular flexibility index (Phi) is 4.83. The van der Waals surface area contributed by atoms with E-state index < -0.39 is 0 Å². The smallest absolute Gasteiger partial charge is 0.137 e. The molecule has 0 N–H and O–H groups in total. The molecule has 112 valence electrons. The third-order valence-electron chi connectivity index (χ3n) is 3.36. The lowest BCUT2D eigenvalue weighted by Gasteiger charge is -2.18. The zero-order valence-electron chi connectivity index (χ0n) is 12.0. The number of halogens is 1. The van der Waals surface area contributed by atoms with Crippen molar-refractivity contribution in [2.75, 3.05) is 0 Å². The molecule has 0 aliphatic rings. The number of hydrogen-bond acceptors (Lipinski definition) is 3. The van der Waals surface area contributed by atoms with Crippen LogP contribution in [0.1, 0.15) is 17.2 Å². The van der Waals surface area contributed by atoms with Crippen LogP contribution in [0.5, 0.6) is 0 Å². The van der Waals surface area contributed by atoms with Gasteiger partial charge in [-0.3, -0.25) is 4.68 Å². The van der Waals surface area contributed by atoms with E-state index in [-0.39, 0.29) is 6.10 Å². The van der Waals surface area contributed by atoms with Crippen molar-refractivity contribution >= 4 is 11.6 Å². The number of rotatable bonds is 6. The highest BCUT2D eigenvalue weighted by Gasteiger charge is 2.14. The molecule has 0 aliphatic carbocycles. The molecule has 0 bridgehead atoms. The third-order valence-corrected chi connectivity index (χ3v) is 3.61. The average molecular weight is 314 g/mol. The average Bonchev–Trinajstić information content (AvgIpc) is 3.06. The normalized spacial score (nSPS) is 12.2. The first-order valence-corrected chi connectivity index (χ1v) is 7.42. The molecule has 3 rings (SSSR count). The molecular formula is C17H16ClN3O. The van der Waals surface area contributed by atoms with E-state index in [1.54, 1.807) is 11.0 Å². The predicted molar refractivity (Wildman–Crippen MR) is 85.4 cm³/mol. The molecule has 1 atom stereocenters. The molecule has 2 aromatic carbocycles. The summed E-state index contributed by atoms with van der Waals surface area (Å²) in [5.74, 6) is 0. The highest BCUT2D eigenvalue weighted by atomic mass is 35.5. The van der Waals surface area contributed by atoms with Gasteiger partial charge in [-0.25, -0.2) is 4.98 Å². The van der Waals surface area contributed by atoms with Gasteiger partial charge in [-0.1, -0.05) is 54.1 Å². The highest BCUT2D eigenvalue weighted by molar-refractivity contribution is 6.30. The Morgan fingerprint density at radius 2 is 1.82 bits per heavy atom. The minimum atomic E-state index is -0.112. The van der Waals surface area contributed by atoms with Crippen molar-refractivity contribution in [2.24, 2.45) is 0 Å². The van der Waals surface area contributed by atoms with Crippen molar-refractivity contribution in [3.8, 4) is 0 Å². The van der Waals surface area contributed by atoms with Crippen LogP contribution < -0.4 is 0 Å². The Bertz CT molecular complexity index is 684. The number of benzene rings is 2. The van der Waals surface area contributed by atoms with Crippen molar-refractivity contribution in [3.63, 3.8) is 0 Å². The molecule has 1 unspecified atom stereocenters. The van der Waals surface area contributed by atoms with Crippen LogP contribution in [0.4, 0.5) is 0 Å². The first-order valence-electron chi connectivity index (χ1n) is 7.04. The fourth-order valence-corrected chi connectivity index (χ4v) is 2.33. The zero-order valence-corrected chi connectivity index (χ0v) is 12.7. The van der Waals surface area contributed by atoms with E-state index in [1.165, 1.54) is 6.33 Å². The third kappa shape index (κ3) is 3.93. The lowest BCUT2D eigenvalue weighted by Crippen LogP contribution is -2.13. The Hall–Kier alpha value is -2.17. The summed E-state index contributed by atoms with van der Waals surface area (Å²) in [6, 6.07) is 17.8. The van der Waals surface area contributed by atoms with E-state index in [0.29, 0.717) is 18.2 Å². The van der Waals surface area contributed by atoms with Crippen LogP contribution in [0.3, 0.4) is 0 Å². The van der Waals surface area contributed by atoms with Crippen LogP contribution in [-0.4, -0.2) is 14.8 Å². The highest BCUT2D eigenvalue weighted by Crippen LogP contribution is 2.22.